The Kier molecular flexibility index (Phi) is 2.96. The molecule has 0 atom stereocenters. The second-order valence-corrected chi connectivity index (χ2v) is 4.60. The molecule has 0 fully saturated rings. The van der Waals surface area contributed by atoms with Crippen molar-refractivity contribution >= 4 is 5.69 Å². The Balaban J connectivity index is 1.75. The van der Waals surface area contributed by atoms with Gasteiger partial charge in [0.1, 0.15) is 12.2 Å². The van der Waals surface area contributed by atoms with Crippen LogP contribution in [0.2, 0.25) is 0 Å². The monoisotopic (exact) mass is 259 g/mol. The Morgan fingerprint density at radius 3 is 3.05 bits per heavy atom. The molecule has 1 aromatic heterocycles. The van der Waals surface area contributed by atoms with Crippen LogP contribution >= 0.6 is 0 Å². The highest BCUT2D eigenvalue weighted by Crippen LogP contribution is 2.24. The maximum atomic E-state index is 10.7. The van der Waals surface area contributed by atoms with Crippen LogP contribution in [-0.2, 0) is 19.5 Å². The van der Waals surface area contributed by atoms with Crippen molar-refractivity contribution in [2.24, 2.45) is 0 Å². The lowest BCUT2D eigenvalue weighted by Gasteiger charge is -2.27. The Morgan fingerprint density at radius 2 is 2.32 bits per heavy atom. The predicted octanol–water partition coefficient (Wildman–Crippen LogP) is 1.27. The molecular formula is C12H13N5O2. The van der Waals surface area contributed by atoms with Crippen molar-refractivity contribution in [2.75, 3.05) is 6.54 Å². The van der Waals surface area contributed by atoms with Crippen LogP contribution in [0.1, 0.15) is 17.0 Å². The second-order valence-electron chi connectivity index (χ2n) is 4.60. The first-order chi connectivity index (χ1) is 9.22. The zero-order chi connectivity index (χ0) is 13.2. The molecule has 0 saturated carbocycles. The predicted molar refractivity (Wildman–Crippen MR) is 67.3 cm³/mol. The molecule has 98 valence electrons. The smallest absolute Gasteiger partial charge is 0.269 e. The number of aromatic amines is 1. The lowest BCUT2D eigenvalue weighted by Crippen LogP contribution is -2.30. The molecule has 0 bridgehead atoms. The summed E-state index contributed by atoms with van der Waals surface area (Å²) in [4.78, 5) is 16.7. The minimum atomic E-state index is -0.346. The highest BCUT2D eigenvalue weighted by Gasteiger charge is 2.19. The number of rotatable bonds is 3. The molecule has 1 N–H and O–H groups in total. The highest BCUT2D eigenvalue weighted by atomic mass is 16.6. The third-order valence-electron chi connectivity index (χ3n) is 3.33. The summed E-state index contributed by atoms with van der Waals surface area (Å²) in [6.07, 6.45) is 2.32. The fourth-order valence-corrected chi connectivity index (χ4v) is 2.37. The molecule has 3 rings (SSSR count). The topological polar surface area (TPSA) is 87.9 Å². The molecule has 0 saturated heterocycles. The van der Waals surface area contributed by atoms with Crippen LogP contribution in [0.4, 0.5) is 5.69 Å². The number of aromatic nitrogens is 3. The summed E-state index contributed by atoms with van der Waals surface area (Å²) in [5.74, 6) is 0.838. The molecular weight excluding hydrogens is 246 g/mol. The van der Waals surface area contributed by atoms with E-state index in [9.17, 15) is 10.1 Å². The van der Waals surface area contributed by atoms with Gasteiger partial charge in [-0.25, -0.2) is 4.98 Å². The summed E-state index contributed by atoms with van der Waals surface area (Å²) in [5.41, 5.74) is 2.39. The summed E-state index contributed by atoms with van der Waals surface area (Å²) in [5, 5.41) is 17.4. The molecule has 1 aliphatic rings. The third-order valence-corrected chi connectivity index (χ3v) is 3.33. The van der Waals surface area contributed by atoms with Crippen molar-refractivity contribution in [2.45, 2.75) is 19.5 Å². The van der Waals surface area contributed by atoms with Gasteiger partial charge in [-0.15, -0.1) is 0 Å². The van der Waals surface area contributed by atoms with Crippen LogP contribution in [-0.4, -0.2) is 31.5 Å². The fourth-order valence-electron chi connectivity index (χ4n) is 2.37. The molecule has 7 nitrogen and oxygen atoms in total. The quantitative estimate of drug-likeness (QED) is 0.662. The van der Waals surface area contributed by atoms with Crippen molar-refractivity contribution in [1.82, 2.24) is 20.1 Å². The summed E-state index contributed by atoms with van der Waals surface area (Å²) in [6.45, 7) is 2.37. The first-order valence-electron chi connectivity index (χ1n) is 6.05. The molecule has 0 spiro atoms. The van der Waals surface area contributed by atoms with E-state index in [-0.39, 0.29) is 10.6 Å². The molecule has 7 heteroatoms. The number of hydrogen-bond donors (Lipinski definition) is 1. The van der Waals surface area contributed by atoms with E-state index >= 15 is 0 Å². The first-order valence-corrected chi connectivity index (χ1v) is 6.05. The minimum Gasteiger partial charge on any atom is -0.291 e. The van der Waals surface area contributed by atoms with E-state index < -0.39 is 0 Å². The minimum absolute atomic E-state index is 0.169. The molecule has 19 heavy (non-hydrogen) atoms. The van der Waals surface area contributed by atoms with E-state index in [1.165, 1.54) is 6.33 Å². The van der Waals surface area contributed by atoms with E-state index in [1.54, 1.807) is 12.1 Å². The van der Waals surface area contributed by atoms with Gasteiger partial charge in [-0.3, -0.25) is 20.1 Å². The third kappa shape index (κ3) is 2.45. The van der Waals surface area contributed by atoms with Crippen LogP contribution in [0.3, 0.4) is 0 Å². The van der Waals surface area contributed by atoms with Gasteiger partial charge in [-0.2, -0.15) is 5.10 Å². The SMILES string of the molecule is O=[N+]([O-])c1ccc2c(c1)CCN(Cc1ncn[nH]1)C2. The number of nitro benzene ring substituents is 1. The number of fused-ring (bicyclic) bond motifs is 1. The number of H-pyrrole nitrogens is 1. The van der Waals surface area contributed by atoms with Gasteiger partial charge in [0, 0.05) is 25.2 Å². The lowest BCUT2D eigenvalue weighted by molar-refractivity contribution is -0.384. The average molecular weight is 259 g/mol. The van der Waals surface area contributed by atoms with Gasteiger partial charge in [0.05, 0.1) is 11.5 Å². The van der Waals surface area contributed by atoms with Crippen LogP contribution in [0, 0.1) is 10.1 Å². The van der Waals surface area contributed by atoms with Crippen molar-refractivity contribution in [1.29, 1.82) is 0 Å². The Hall–Kier alpha value is -2.28. The van der Waals surface area contributed by atoms with Crippen molar-refractivity contribution < 1.29 is 4.92 Å². The van der Waals surface area contributed by atoms with Crippen LogP contribution in [0.15, 0.2) is 24.5 Å². The van der Waals surface area contributed by atoms with E-state index in [1.807, 2.05) is 6.07 Å². The summed E-state index contributed by atoms with van der Waals surface area (Å²) in [6, 6.07) is 5.10. The van der Waals surface area contributed by atoms with Gasteiger partial charge in [0.2, 0.25) is 0 Å². The lowest BCUT2D eigenvalue weighted by atomic mass is 9.99. The van der Waals surface area contributed by atoms with Gasteiger partial charge in [0.15, 0.2) is 0 Å². The first kappa shape index (κ1) is 11.8. The maximum absolute atomic E-state index is 10.7. The van der Waals surface area contributed by atoms with Crippen molar-refractivity contribution in [3.8, 4) is 0 Å². The number of non-ortho nitro benzene ring substituents is 1. The van der Waals surface area contributed by atoms with Crippen molar-refractivity contribution in [3.05, 3.63) is 51.6 Å². The summed E-state index contributed by atoms with van der Waals surface area (Å²) < 4.78 is 0. The van der Waals surface area contributed by atoms with Gasteiger partial charge < -0.3 is 0 Å². The number of hydrogen-bond acceptors (Lipinski definition) is 5. The average Bonchev–Trinajstić information content (AvgIpc) is 2.91. The largest absolute Gasteiger partial charge is 0.291 e. The molecule has 0 radical (unpaired) electrons. The molecule has 2 heterocycles. The van der Waals surface area contributed by atoms with E-state index in [0.29, 0.717) is 0 Å². The highest BCUT2D eigenvalue weighted by molar-refractivity contribution is 5.41. The van der Waals surface area contributed by atoms with Gasteiger partial charge in [0.25, 0.3) is 5.69 Å². The molecule has 0 aliphatic carbocycles. The number of benzene rings is 1. The van der Waals surface area contributed by atoms with Gasteiger partial charge in [-0.1, -0.05) is 6.07 Å². The van der Waals surface area contributed by atoms with E-state index in [0.717, 1.165) is 43.0 Å². The number of nitro groups is 1. The van der Waals surface area contributed by atoms with Crippen molar-refractivity contribution in [3.63, 3.8) is 0 Å². The standard InChI is InChI=1S/C12H13N5O2/c18-17(19)11-2-1-10-6-16(4-3-9(10)5-11)7-12-13-8-14-15-12/h1-2,5,8H,3-4,6-7H2,(H,13,14,15). The fraction of sp³-hybridized carbons (Fsp3) is 0.333. The number of nitrogens with zero attached hydrogens (tertiary/aromatic N) is 4. The van der Waals surface area contributed by atoms with E-state index in [2.05, 4.69) is 20.1 Å². The second kappa shape index (κ2) is 4.77. The summed E-state index contributed by atoms with van der Waals surface area (Å²) >= 11 is 0. The van der Waals surface area contributed by atoms with Gasteiger partial charge >= 0.3 is 0 Å². The van der Waals surface area contributed by atoms with Gasteiger partial charge in [-0.05, 0) is 17.5 Å². The Morgan fingerprint density at radius 1 is 1.42 bits per heavy atom. The molecule has 0 amide bonds. The maximum Gasteiger partial charge on any atom is 0.269 e. The Bertz CT molecular complexity index is 596. The summed E-state index contributed by atoms with van der Waals surface area (Å²) in [7, 11) is 0. The zero-order valence-corrected chi connectivity index (χ0v) is 10.2. The van der Waals surface area contributed by atoms with Crippen LogP contribution in [0.25, 0.3) is 0 Å². The number of nitrogens with one attached hydrogen (secondary N) is 1. The molecule has 0 unspecified atom stereocenters. The zero-order valence-electron chi connectivity index (χ0n) is 10.2. The van der Waals surface area contributed by atoms with E-state index in [4.69, 9.17) is 0 Å². The van der Waals surface area contributed by atoms with Crippen LogP contribution < -0.4 is 0 Å². The molecule has 1 aromatic carbocycles. The normalized spacial score (nSPS) is 15.2. The van der Waals surface area contributed by atoms with Crippen LogP contribution in [0.5, 0.6) is 0 Å². The Labute approximate surface area is 109 Å². The molecule has 1 aliphatic heterocycles. The molecule has 2 aromatic rings.